The Balaban J connectivity index is 1.56. The first-order chi connectivity index (χ1) is 16.4. The number of nitrogens with two attached hydrogens (primary N) is 1. The second-order valence-corrected chi connectivity index (χ2v) is 10.7. The lowest BCUT2D eigenvalue weighted by atomic mass is 9.71. The predicted octanol–water partition coefficient (Wildman–Crippen LogP) is 3.07. The van der Waals surface area contributed by atoms with E-state index in [9.17, 15) is 14.3 Å². The van der Waals surface area contributed by atoms with Crippen molar-refractivity contribution < 1.29 is 23.6 Å². The fourth-order valence-corrected chi connectivity index (χ4v) is 4.88. The third kappa shape index (κ3) is 4.92. The van der Waals surface area contributed by atoms with E-state index >= 15 is 0 Å². The number of carbonyl (C=O) groups is 1. The minimum Gasteiger partial charge on any atom is -0.398 e. The Morgan fingerprint density at radius 3 is 2.54 bits per heavy atom. The summed E-state index contributed by atoms with van der Waals surface area (Å²) in [6.45, 7) is 9.19. The third-order valence-corrected chi connectivity index (χ3v) is 7.79. The number of halogens is 1. The van der Waals surface area contributed by atoms with Gasteiger partial charge < -0.3 is 25.5 Å². The van der Waals surface area contributed by atoms with Crippen LogP contribution in [0, 0.1) is 11.8 Å². The smallest absolute Gasteiger partial charge is 0.398 e. The average molecular weight is 484 g/mol. The number of nitrogens with zero attached hydrogens (tertiary/aromatic N) is 2. The Kier molecular flexibility index (Phi) is 6.92. The van der Waals surface area contributed by atoms with Crippen molar-refractivity contribution in [3.63, 3.8) is 0 Å². The molecule has 4 atom stereocenters. The van der Waals surface area contributed by atoms with Crippen molar-refractivity contribution in [2.75, 3.05) is 17.7 Å². The Bertz CT molecular complexity index is 1070. The topological polar surface area (TPSA) is 120 Å². The lowest BCUT2D eigenvalue weighted by Gasteiger charge is -2.37. The van der Waals surface area contributed by atoms with Gasteiger partial charge in [-0.1, -0.05) is 6.92 Å². The van der Waals surface area contributed by atoms with Crippen molar-refractivity contribution in [1.29, 1.82) is 0 Å². The largest absolute Gasteiger partial charge is 0.514 e. The lowest BCUT2D eigenvalue weighted by molar-refractivity contribution is 0.00578. The quantitative estimate of drug-likeness (QED) is 0.558. The van der Waals surface area contributed by atoms with Gasteiger partial charge in [0.05, 0.1) is 47.1 Å². The number of aliphatic hydroxyl groups is 1. The number of carbonyl (C=O) groups excluding carboxylic acids is 1. The molecule has 1 saturated heterocycles. The number of aromatic nitrogens is 2. The van der Waals surface area contributed by atoms with Crippen LogP contribution >= 0.6 is 0 Å². The first kappa shape index (κ1) is 25.5. The van der Waals surface area contributed by atoms with Gasteiger partial charge in [0.25, 0.3) is 5.91 Å². The van der Waals surface area contributed by atoms with Gasteiger partial charge in [0.2, 0.25) is 0 Å². The van der Waals surface area contributed by atoms with E-state index in [1.165, 1.54) is 0 Å². The number of amides is 1. The summed E-state index contributed by atoms with van der Waals surface area (Å²) in [7, 11) is -0.727. The SMILES string of the molecule is CC1CC(c2ccncc2NC(=O)c2nc(B3OC(C)(C)C(C)(C)O3)ccc2N)CC(O)C1CF. The lowest BCUT2D eigenvalue weighted by Crippen LogP contribution is -2.41. The summed E-state index contributed by atoms with van der Waals surface area (Å²) < 4.78 is 25.5. The van der Waals surface area contributed by atoms with Crippen molar-refractivity contribution >= 4 is 30.0 Å². The zero-order chi connectivity index (χ0) is 25.5. The first-order valence-corrected chi connectivity index (χ1v) is 12.0. The van der Waals surface area contributed by atoms with Gasteiger partial charge in [0, 0.05) is 12.1 Å². The second kappa shape index (κ2) is 9.48. The number of alkyl halides is 1. The highest BCUT2D eigenvalue weighted by molar-refractivity contribution is 6.61. The van der Waals surface area contributed by atoms with Gasteiger partial charge in [0.1, 0.15) is 0 Å². The predicted molar refractivity (Wildman–Crippen MR) is 133 cm³/mol. The molecule has 8 nitrogen and oxygen atoms in total. The highest BCUT2D eigenvalue weighted by Gasteiger charge is 2.52. The van der Waals surface area contributed by atoms with Crippen LogP contribution in [0.25, 0.3) is 0 Å². The van der Waals surface area contributed by atoms with E-state index in [1.807, 2.05) is 40.7 Å². The molecular weight excluding hydrogens is 450 g/mol. The van der Waals surface area contributed by atoms with Crippen LogP contribution in [0.3, 0.4) is 0 Å². The zero-order valence-corrected chi connectivity index (χ0v) is 20.9. The Labute approximate surface area is 206 Å². The molecule has 2 aromatic rings. The molecule has 4 unspecified atom stereocenters. The number of hydrogen-bond donors (Lipinski definition) is 3. The molecule has 35 heavy (non-hydrogen) atoms. The number of hydrogen-bond acceptors (Lipinski definition) is 7. The Hall–Kier alpha value is -2.56. The van der Waals surface area contributed by atoms with Crippen molar-refractivity contribution in [3.8, 4) is 0 Å². The van der Waals surface area contributed by atoms with Crippen molar-refractivity contribution in [2.24, 2.45) is 11.8 Å². The first-order valence-electron chi connectivity index (χ1n) is 12.0. The van der Waals surface area contributed by atoms with Crippen LogP contribution in [-0.2, 0) is 9.31 Å². The molecule has 188 valence electrons. The van der Waals surface area contributed by atoms with Crippen molar-refractivity contribution in [2.45, 2.75) is 70.7 Å². The van der Waals surface area contributed by atoms with Gasteiger partial charge in [0.15, 0.2) is 5.69 Å². The summed E-state index contributed by atoms with van der Waals surface area (Å²) in [4.78, 5) is 21.9. The molecule has 0 spiro atoms. The molecule has 2 fully saturated rings. The van der Waals surface area contributed by atoms with Gasteiger partial charge >= 0.3 is 7.12 Å². The number of aliphatic hydroxyl groups excluding tert-OH is 1. The van der Waals surface area contributed by atoms with E-state index in [2.05, 4.69) is 15.3 Å². The molecular formula is C25H34BFN4O4. The molecule has 4 rings (SSSR count). The zero-order valence-electron chi connectivity index (χ0n) is 20.9. The van der Waals surface area contributed by atoms with E-state index in [0.29, 0.717) is 24.1 Å². The van der Waals surface area contributed by atoms with E-state index in [-0.39, 0.29) is 29.1 Å². The van der Waals surface area contributed by atoms with Crippen LogP contribution < -0.4 is 16.6 Å². The minimum atomic E-state index is -0.737. The highest BCUT2D eigenvalue weighted by Crippen LogP contribution is 2.42. The van der Waals surface area contributed by atoms with Crippen LogP contribution in [0.2, 0.25) is 0 Å². The standard InChI is InChI=1S/C25H34BFN4O4/c1-14-10-15(11-20(32)17(14)12-27)16-8-9-29-13-19(16)30-23(33)22-18(28)6-7-21(31-22)26-34-24(2,3)25(4,5)35-26/h6-9,13-15,17,20,32H,10-12,28H2,1-5H3,(H,30,33). The third-order valence-electron chi connectivity index (χ3n) is 7.79. The molecule has 3 heterocycles. The van der Waals surface area contributed by atoms with Crippen molar-refractivity contribution in [3.05, 3.63) is 41.9 Å². The molecule has 2 aromatic heterocycles. The second-order valence-electron chi connectivity index (χ2n) is 10.7. The number of rotatable bonds is 5. The maximum absolute atomic E-state index is 13.4. The summed E-state index contributed by atoms with van der Waals surface area (Å²) >= 11 is 0. The molecule has 4 N–H and O–H groups in total. The molecule has 0 radical (unpaired) electrons. The fraction of sp³-hybridized carbons (Fsp3) is 0.560. The summed E-state index contributed by atoms with van der Waals surface area (Å²) in [6.07, 6.45) is 3.61. The van der Waals surface area contributed by atoms with E-state index in [1.54, 1.807) is 24.5 Å². The Morgan fingerprint density at radius 2 is 1.91 bits per heavy atom. The number of anilines is 2. The molecule has 1 saturated carbocycles. The fourth-order valence-electron chi connectivity index (χ4n) is 4.88. The van der Waals surface area contributed by atoms with Crippen LogP contribution in [-0.4, -0.2) is 52.1 Å². The average Bonchev–Trinajstić information content (AvgIpc) is 3.01. The molecule has 1 aliphatic carbocycles. The summed E-state index contributed by atoms with van der Waals surface area (Å²) in [5.74, 6) is -0.879. The van der Waals surface area contributed by atoms with E-state index < -0.39 is 37.0 Å². The number of pyridine rings is 2. The maximum Gasteiger partial charge on any atom is 0.514 e. The minimum absolute atomic E-state index is 0.0133. The molecule has 2 aliphatic rings. The molecule has 1 amide bonds. The summed E-state index contributed by atoms with van der Waals surface area (Å²) in [5.41, 5.74) is 7.11. The van der Waals surface area contributed by atoms with Gasteiger partial charge in [-0.25, -0.2) is 4.98 Å². The molecule has 1 aliphatic heterocycles. The Morgan fingerprint density at radius 1 is 1.23 bits per heavy atom. The van der Waals surface area contributed by atoms with Crippen molar-refractivity contribution in [1.82, 2.24) is 9.97 Å². The molecule has 0 aromatic carbocycles. The van der Waals surface area contributed by atoms with Gasteiger partial charge in [-0.15, -0.1) is 0 Å². The number of nitrogen functional groups attached to an aromatic ring is 1. The normalized spacial score (nSPS) is 27.6. The molecule has 10 heteroatoms. The number of nitrogens with one attached hydrogen (secondary N) is 1. The van der Waals surface area contributed by atoms with Gasteiger partial charge in [-0.2, -0.15) is 0 Å². The monoisotopic (exact) mass is 484 g/mol. The van der Waals surface area contributed by atoms with E-state index in [0.717, 1.165) is 5.56 Å². The van der Waals surface area contributed by atoms with Gasteiger partial charge in [-0.3, -0.25) is 14.2 Å². The molecule has 0 bridgehead atoms. The maximum atomic E-state index is 13.4. The summed E-state index contributed by atoms with van der Waals surface area (Å²) in [5, 5.41) is 13.4. The van der Waals surface area contributed by atoms with Crippen LogP contribution in [0.5, 0.6) is 0 Å². The van der Waals surface area contributed by atoms with Gasteiger partial charge in [-0.05, 0) is 76.1 Å². The highest BCUT2D eigenvalue weighted by atomic mass is 19.1. The van der Waals surface area contributed by atoms with E-state index in [4.69, 9.17) is 15.0 Å². The van der Waals surface area contributed by atoms with Crippen LogP contribution in [0.1, 0.15) is 69.4 Å². The van der Waals surface area contributed by atoms with Crippen LogP contribution in [0.15, 0.2) is 30.6 Å². The van der Waals surface area contributed by atoms with Crippen LogP contribution in [0.4, 0.5) is 15.8 Å². The summed E-state index contributed by atoms with van der Waals surface area (Å²) in [6, 6.07) is 5.13.